The van der Waals surface area contributed by atoms with Crippen LogP contribution in [0.5, 0.6) is 0 Å². The Labute approximate surface area is 72.7 Å². The lowest BCUT2D eigenvalue weighted by Crippen LogP contribution is -2.35. The maximum Gasteiger partial charge on any atom is 0.126 e. The van der Waals surface area contributed by atoms with Gasteiger partial charge >= 0.3 is 0 Å². The van der Waals surface area contributed by atoms with Gasteiger partial charge in [-0.3, -0.25) is 0 Å². The van der Waals surface area contributed by atoms with Crippen LogP contribution < -0.4 is 0 Å². The molecule has 3 atom stereocenters. The van der Waals surface area contributed by atoms with Crippen molar-refractivity contribution in [2.24, 2.45) is 5.92 Å². The second kappa shape index (κ2) is 4.19. The molecule has 3 heteroatoms. The molecule has 0 saturated carbocycles. The van der Waals surface area contributed by atoms with Crippen LogP contribution in [0.2, 0.25) is 0 Å². The first-order valence-corrected chi connectivity index (χ1v) is 4.54. The van der Waals surface area contributed by atoms with Crippen molar-refractivity contribution in [2.75, 3.05) is 6.61 Å². The molecule has 0 amide bonds. The zero-order valence-corrected chi connectivity index (χ0v) is 7.66. The number of aliphatic hydroxyl groups excluding tert-OH is 1. The van der Waals surface area contributed by atoms with E-state index >= 15 is 0 Å². The molecule has 1 aliphatic rings. The van der Waals surface area contributed by atoms with E-state index in [0.29, 0.717) is 0 Å². The van der Waals surface area contributed by atoms with Gasteiger partial charge in [0.05, 0.1) is 18.8 Å². The molecule has 0 spiro atoms. The Morgan fingerprint density at radius 2 is 1.92 bits per heavy atom. The highest BCUT2D eigenvalue weighted by atomic mass is 19.1. The summed E-state index contributed by atoms with van der Waals surface area (Å²) in [6.07, 6.45) is 0.642. The number of aliphatic hydroxyl groups is 1. The maximum atomic E-state index is 13.1. The first-order chi connectivity index (χ1) is 5.63. The van der Waals surface area contributed by atoms with Crippen molar-refractivity contribution in [3.63, 3.8) is 0 Å². The maximum absolute atomic E-state index is 13.1. The van der Waals surface area contributed by atoms with E-state index in [0.717, 1.165) is 12.8 Å². The third kappa shape index (κ3) is 2.42. The molecule has 1 heterocycles. The predicted molar refractivity (Wildman–Crippen MR) is 44.7 cm³/mol. The van der Waals surface area contributed by atoms with Gasteiger partial charge < -0.3 is 9.84 Å². The van der Waals surface area contributed by atoms with Crippen molar-refractivity contribution in [1.29, 1.82) is 0 Å². The second-order valence-corrected chi connectivity index (χ2v) is 3.69. The molecule has 0 aliphatic carbocycles. The zero-order chi connectivity index (χ0) is 9.14. The molecule has 1 aliphatic heterocycles. The summed E-state index contributed by atoms with van der Waals surface area (Å²) in [5, 5.41) is 8.64. The van der Waals surface area contributed by atoms with Gasteiger partial charge in [-0.2, -0.15) is 0 Å². The fourth-order valence-electron chi connectivity index (χ4n) is 1.90. The van der Waals surface area contributed by atoms with E-state index in [9.17, 15) is 4.39 Å². The minimum atomic E-state index is -1.07. The van der Waals surface area contributed by atoms with Gasteiger partial charge in [0.25, 0.3) is 0 Å². The van der Waals surface area contributed by atoms with E-state index in [1.165, 1.54) is 0 Å². The Balaban J connectivity index is 2.43. The Hall–Kier alpha value is -0.150. The van der Waals surface area contributed by atoms with Gasteiger partial charge in [0.1, 0.15) is 6.17 Å². The highest BCUT2D eigenvalue weighted by Crippen LogP contribution is 2.28. The lowest BCUT2D eigenvalue weighted by molar-refractivity contribution is -0.0719. The highest BCUT2D eigenvalue weighted by Gasteiger charge is 2.29. The van der Waals surface area contributed by atoms with Gasteiger partial charge in [-0.05, 0) is 32.6 Å². The van der Waals surface area contributed by atoms with Crippen LogP contribution in [0.3, 0.4) is 0 Å². The van der Waals surface area contributed by atoms with E-state index in [4.69, 9.17) is 9.84 Å². The molecule has 0 aromatic rings. The molecule has 0 aromatic carbocycles. The third-order valence-electron chi connectivity index (χ3n) is 2.42. The molecule has 1 fully saturated rings. The third-order valence-corrected chi connectivity index (χ3v) is 2.42. The molecule has 0 bridgehead atoms. The standard InChI is InChI=1S/C9H17FO2/c1-6-3-8(9(10)5-11)4-7(2)12-6/h6-9,11H,3-5H2,1-2H3. The van der Waals surface area contributed by atoms with Crippen molar-refractivity contribution in [1.82, 2.24) is 0 Å². The summed E-state index contributed by atoms with van der Waals surface area (Å²) in [6.45, 7) is 3.55. The normalized spacial score (nSPS) is 39.5. The fraction of sp³-hybridized carbons (Fsp3) is 1.00. The number of ether oxygens (including phenoxy) is 1. The molecule has 1 saturated heterocycles. The van der Waals surface area contributed by atoms with Crippen molar-refractivity contribution in [3.8, 4) is 0 Å². The summed E-state index contributed by atoms with van der Waals surface area (Å²) >= 11 is 0. The number of halogens is 1. The minimum absolute atomic E-state index is 0.0197. The minimum Gasteiger partial charge on any atom is -0.393 e. The predicted octanol–water partition coefficient (Wildman–Crippen LogP) is 1.52. The molecule has 0 radical (unpaired) electrons. The van der Waals surface area contributed by atoms with Crippen LogP contribution in [0.4, 0.5) is 4.39 Å². The number of hydrogen-bond acceptors (Lipinski definition) is 2. The smallest absolute Gasteiger partial charge is 0.126 e. The van der Waals surface area contributed by atoms with Crippen LogP contribution in [0.1, 0.15) is 26.7 Å². The van der Waals surface area contributed by atoms with Gasteiger partial charge in [0.15, 0.2) is 0 Å². The van der Waals surface area contributed by atoms with E-state index in [2.05, 4.69) is 0 Å². The van der Waals surface area contributed by atoms with Crippen molar-refractivity contribution >= 4 is 0 Å². The van der Waals surface area contributed by atoms with Gasteiger partial charge in [0, 0.05) is 0 Å². The molecular formula is C9H17FO2. The molecule has 1 N–H and O–H groups in total. The van der Waals surface area contributed by atoms with Crippen molar-refractivity contribution < 1.29 is 14.2 Å². The first-order valence-electron chi connectivity index (χ1n) is 4.54. The molecule has 3 unspecified atom stereocenters. The summed E-state index contributed by atoms with van der Waals surface area (Å²) in [6, 6.07) is 0. The quantitative estimate of drug-likeness (QED) is 0.691. The van der Waals surface area contributed by atoms with Gasteiger partial charge in [-0.1, -0.05) is 0 Å². The van der Waals surface area contributed by atoms with Gasteiger partial charge in [-0.15, -0.1) is 0 Å². The molecular weight excluding hydrogens is 159 g/mol. The summed E-state index contributed by atoms with van der Waals surface area (Å²) in [7, 11) is 0. The largest absolute Gasteiger partial charge is 0.393 e. The molecule has 2 nitrogen and oxygen atoms in total. The van der Waals surface area contributed by atoms with E-state index in [-0.39, 0.29) is 24.7 Å². The number of hydrogen-bond donors (Lipinski definition) is 1. The van der Waals surface area contributed by atoms with Crippen LogP contribution in [-0.2, 0) is 4.74 Å². The molecule has 12 heavy (non-hydrogen) atoms. The van der Waals surface area contributed by atoms with E-state index < -0.39 is 6.17 Å². The van der Waals surface area contributed by atoms with Crippen LogP contribution in [-0.4, -0.2) is 30.1 Å². The summed E-state index contributed by atoms with van der Waals surface area (Å²) < 4.78 is 18.5. The first kappa shape index (κ1) is 9.93. The van der Waals surface area contributed by atoms with Crippen LogP contribution >= 0.6 is 0 Å². The lowest BCUT2D eigenvalue weighted by atomic mass is 9.89. The van der Waals surface area contributed by atoms with Crippen LogP contribution in [0.25, 0.3) is 0 Å². The van der Waals surface area contributed by atoms with Gasteiger partial charge in [-0.25, -0.2) is 4.39 Å². The number of alkyl halides is 1. The monoisotopic (exact) mass is 176 g/mol. The van der Waals surface area contributed by atoms with Crippen molar-refractivity contribution in [2.45, 2.75) is 45.1 Å². The molecule has 72 valence electrons. The Morgan fingerprint density at radius 1 is 1.42 bits per heavy atom. The van der Waals surface area contributed by atoms with Crippen molar-refractivity contribution in [3.05, 3.63) is 0 Å². The van der Waals surface area contributed by atoms with E-state index in [1.54, 1.807) is 0 Å². The number of rotatable bonds is 2. The Morgan fingerprint density at radius 3 is 2.33 bits per heavy atom. The average Bonchev–Trinajstić information content (AvgIpc) is 2.01. The zero-order valence-electron chi connectivity index (χ0n) is 7.66. The lowest BCUT2D eigenvalue weighted by Gasteiger charge is -2.33. The van der Waals surface area contributed by atoms with E-state index in [1.807, 2.05) is 13.8 Å². The highest BCUT2D eigenvalue weighted by molar-refractivity contribution is 4.78. The average molecular weight is 176 g/mol. The van der Waals surface area contributed by atoms with Gasteiger partial charge in [0.2, 0.25) is 0 Å². The summed E-state index contributed by atoms with van der Waals surface area (Å²) in [5.41, 5.74) is 0. The van der Waals surface area contributed by atoms with Crippen LogP contribution in [0, 0.1) is 5.92 Å². The molecule has 1 rings (SSSR count). The SMILES string of the molecule is CC1CC(C(F)CO)CC(C)O1. The summed E-state index contributed by atoms with van der Waals surface area (Å²) in [5.74, 6) is -0.0197. The molecule has 0 aromatic heterocycles. The summed E-state index contributed by atoms with van der Waals surface area (Å²) in [4.78, 5) is 0. The Bertz CT molecular complexity index is 130. The Kier molecular flexibility index (Phi) is 3.47. The van der Waals surface area contributed by atoms with Crippen LogP contribution in [0.15, 0.2) is 0 Å². The topological polar surface area (TPSA) is 29.5 Å². The second-order valence-electron chi connectivity index (χ2n) is 3.69. The fourth-order valence-corrected chi connectivity index (χ4v) is 1.90.